The summed E-state index contributed by atoms with van der Waals surface area (Å²) in [6.07, 6.45) is -2.98. The van der Waals surface area contributed by atoms with Crippen LogP contribution in [0.5, 0.6) is 5.75 Å². The van der Waals surface area contributed by atoms with Gasteiger partial charge in [0.25, 0.3) is 11.8 Å². The van der Waals surface area contributed by atoms with E-state index in [4.69, 9.17) is 77.0 Å². The molecule has 0 aliphatic carbocycles. The van der Waals surface area contributed by atoms with Crippen LogP contribution in [0, 0.1) is 0 Å². The maximum atomic E-state index is 13.9. The van der Waals surface area contributed by atoms with E-state index in [2.05, 4.69) is 49.9 Å². The number of nitrogens with one attached hydrogen (secondary N) is 4. The molecule has 36 heteroatoms. The van der Waals surface area contributed by atoms with Crippen LogP contribution < -0.4 is 31.7 Å². The van der Waals surface area contributed by atoms with Gasteiger partial charge in [-0.05, 0) is 67.6 Å². The van der Waals surface area contributed by atoms with Crippen molar-refractivity contribution in [1.29, 1.82) is 0 Å². The maximum absolute atomic E-state index is 13.9. The minimum Gasteiger partial charge on any atom is -0.478 e. The highest BCUT2D eigenvalue weighted by Gasteiger charge is 2.45. The molecule has 2 aromatic heterocycles. The van der Waals surface area contributed by atoms with Gasteiger partial charge in [-0.2, -0.15) is 0 Å². The number of aliphatic hydroxyl groups excluding tert-OH is 4. The summed E-state index contributed by atoms with van der Waals surface area (Å²) in [4.78, 5) is 100. The first-order chi connectivity index (χ1) is 56.2. The molecule has 644 valence electrons. The Labute approximate surface area is 675 Å². The summed E-state index contributed by atoms with van der Waals surface area (Å²) >= 11 is 0. The number of unbranched alkanes of at least 4 members (excludes halogenated alkanes) is 2. The summed E-state index contributed by atoms with van der Waals surface area (Å²) in [5.74, 6) is -3.27. The van der Waals surface area contributed by atoms with E-state index in [-0.39, 0.29) is 87.3 Å². The van der Waals surface area contributed by atoms with E-state index in [0.29, 0.717) is 193 Å². The summed E-state index contributed by atoms with van der Waals surface area (Å²) in [6.45, 7) is 12.4. The Morgan fingerprint density at radius 1 is 0.586 bits per heavy atom. The fourth-order valence-corrected chi connectivity index (χ4v) is 12.4. The summed E-state index contributed by atoms with van der Waals surface area (Å²) in [5, 5.41) is 63.5. The van der Waals surface area contributed by atoms with E-state index in [1.54, 1.807) is 37.4 Å². The topological polar surface area (TPSA) is 458 Å². The predicted octanol–water partition coefficient (Wildman–Crippen LogP) is 1.96. The van der Waals surface area contributed by atoms with Crippen molar-refractivity contribution >= 4 is 74.9 Å². The number of carbonyl (C=O) groups is 7. The number of benzene rings is 3. The van der Waals surface area contributed by atoms with Crippen LogP contribution in [0.1, 0.15) is 91.2 Å². The maximum Gasteiger partial charge on any atom is 0.335 e. The first-order valence-electron chi connectivity index (χ1n) is 39.5. The number of hydrogen-bond acceptors (Lipinski definition) is 28. The number of hydrogen-bond donors (Lipinski definition) is 10. The van der Waals surface area contributed by atoms with Gasteiger partial charge in [0.2, 0.25) is 29.9 Å². The first-order valence-corrected chi connectivity index (χ1v) is 39.5. The Balaban J connectivity index is 0.790. The molecule has 0 bridgehead atoms. The Morgan fingerprint density at radius 3 is 1.66 bits per heavy atom. The lowest BCUT2D eigenvalue weighted by Crippen LogP contribution is -2.60. The zero-order chi connectivity index (χ0) is 83.3. The molecule has 116 heavy (non-hydrogen) atoms. The van der Waals surface area contributed by atoms with Crippen molar-refractivity contribution in [3.05, 3.63) is 101 Å². The van der Waals surface area contributed by atoms with Gasteiger partial charge < -0.3 is 128 Å². The van der Waals surface area contributed by atoms with E-state index in [1.807, 2.05) is 26.2 Å². The number of quaternary nitrogens is 1. The zero-order valence-electron chi connectivity index (χ0n) is 67.1. The van der Waals surface area contributed by atoms with Crippen LogP contribution in [0.15, 0.2) is 72.8 Å². The number of anilines is 2. The number of rotatable bonds is 63. The van der Waals surface area contributed by atoms with Gasteiger partial charge in [0.15, 0.2) is 5.82 Å². The summed E-state index contributed by atoms with van der Waals surface area (Å²) in [6, 6.07) is 16.9. The number of methoxy groups -OCH3 is 1. The Hall–Kier alpha value is -8.35. The summed E-state index contributed by atoms with van der Waals surface area (Å²) in [7, 11) is 5.70. The lowest BCUT2D eigenvalue weighted by molar-refractivity contribution is -0.916. The van der Waals surface area contributed by atoms with Crippen molar-refractivity contribution in [1.82, 2.24) is 35.4 Å². The molecule has 2 aliphatic rings. The predicted molar refractivity (Wildman–Crippen MR) is 422 cm³/mol. The minimum atomic E-state index is -1.77. The number of amides is 6. The number of nitrogens with zero attached hydrogens (tertiary/aromatic N) is 5. The van der Waals surface area contributed by atoms with Crippen LogP contribution in [0.3, 0.4) is 0 Å². The van der Waals surface area contributed by atoms with Crippen LogP contribution >= 0.6 is 0 Å². The largest absolute Gasteiger partial charge is 0.478 e. The average Bonchev–Trinajstić information content (AvgIpc) is 1.58. The summed E-state index contributed by atoms with van der Waals surface area (Å²) in [5.41, 5.74) is 11.2. The van der Waals surface area contributed by atoms with Crippen LogP contribution in [0.4, 0.5) is 11.5 Å². The SMILES string of the molecule is CCCCc1nc2c(N)nc3cc(C(=O)O)ccc3c2n1Cc1ccc(C[N+](C)(C)Cc2ccc(O[C@H]3O[C@H](CO)[C@@H](O)[C@H](O)[C@@H]3O)c(NC(=O)CCNC(=O)[C@H](CCCCNC(=O)CCOCCOCCOCCOCCOCCOCCOCCOCCOCCOCCOCCOC)NC(=O)CCN3C(=O)C=CC3=O)c2)cc1. The van der Waals surface area contributed by atoms with Gasteiger partial charge in [-0.15, -0.1) is 0 Å². The smallest absolute Gasteiger partial charge is 0.335 e. The van der Waals surface area contributed by atoms with Crippen LogP contribution in [-0.2, 0) is 116 Å². The number of nitrogens with two attached hydrogens (primary N) is 1. The molecule has 0 radical (unpaired) electrons. The molecule has 0 saturated carbocycles. The number of fused-ring (bicyclic) bond motifs is 3. The second kappa shape index (κ2) is 53.2. The van der Waals surface area contributed by atoms with Crippen LogP contribution in [0.2, 0.25) is 0 Å². The Morgan fingerprint density at radius 2 is 1.12 bits per heavy atom. The molecule has 6 atom stereocenters. The third kappa shape index (κ3) is 33.9. The molecule has 0 spiro atoms. The number of pyridine rings is 1. The standard InChI is InChI=1S/C80H118N10O26/c1-5-6-10-66-87-72-73(60-17-16-59(79(101)102)51-62(60)86-77(72)81)89(66)52-56-11-13-57(14-12-56)53-90(2,3)54-58-15-18-64(115-80-76(99)75(98)74(97)65(55-91)116-80)63(50-58)85-68(93)21-25-83-78(100)61(84-69(94)22-26-88-70(95)19-20-71(88)96)9-7-8-24-82-67(92)23-27-104-30-31-106-34-35-108-38-39-110-42-43-112-46-47-114-49-48-113-45-44-111-41-40-109-37-36-107-33-32-105-29-28-103-4/h11-20,50-51,61,65,74-76,80,91,97-99H,5-10,21-49,52-55H2,1-4H3,(H6-,81,82,83,84,85,86,92,93,94,100,101,102)/p+1/t61-,65+,74+,75-,76-,80-/m0/s1. The van der Waals surface area contributed by atoms with E-state index < -0.39 is 78.9 Å². The monoisotopic (exact) mass is 1640 g/mol. The van der Waals surface area contributed by atoms with Gasteiger partial charge in [0.1, 0.15) is 60.6 Å². The molecule has 4 heterocycles. The van der Waals surface area contributed by atoms with Crippen molar-refractivity contribution in [2.24, 2.45) is 0 Å². The van der Waals surface area contributed by atoms with Gasteiger partial charge >= 0.3 is 5.97 Å². The van der Waals surface area contributed by atoms with Gasteiger partial charge in [0.05, 0.1) is 195 Å². The second-order valence-corrected chi connectivity index (χ2v) is 28.1. The number of imide groups is 1. The molecule has 2 aliphatic heterocycles. The Kier molecular flexibility index (Phi) is 43.4. The zero-order valence-corrected chi connectivity index (χ0v) is 67.1. The van der Waals surface area contributed by atoms with Crippen molar-refractivity contribution in [3.8, 4) is 5.75 Å². The third-order valence-electron chi connectivity index (χ3n) is 18.4. The van der Waals surface area contributed by atoms with Crippen molar-refractivity contribution in [2.75, 3.05) is 210 Å². The molecule has 0 unspecified atom stereocenters. The molecule has 11 N–H and O–H groups in total. The number of carboxylic acid groups (broad SMARTS) is 1. The van der Waals surface area contributed by atoms with Gasteiger partial charge in [0, 0.05) is 87.6 Å². The van der Waals surface area contributed by atoms with Crippen molar-refractivity contribution < 1.29 is 130 Å². The molecule has 36 nitrogen and oxygen atoms in total. The average molecular weight is 1640 g/mol. The highest BCUT2D eigenvalue weighted by molar-refractivity contribution is 6.13. The van der Waals surface area contributed by atoms with Gasteiger partial charge in [-0.3, -0.25) is 33.7 Å². The lowest BCUT2D eigenvalue weighted by atomic mass is 9.99. The number of nitrogen functional groups attached to an aromatic ring is 1. The molecule has 7 rings (SSSR count). The number of carbonyl (C=O) groups excluding carboxylic acids is 6. The Bertz CT molecular complexity index is 3810. The fourth-order valence-electron chi connectivity index (χ4n) is 12.4. The summed E-state index contributed by atoms with van der Waals surface area (Å²) < 4.78 is 79.7. The molecular formula is C80H119N10O26+. The first kappa shape index (κ1) is 94.8. The highest BCUT2D eigenvalue weighted by atomic mass is 16.7. The molecule has 6 amide bonds. The van der Waals surface area contributed by atoms with Gasteiger partial charge in [-0.25, -0.2) is 14.8 Å². The molecule has 3 aromatic carbocycles. The number of aryl methyl sites for hydroxylation is 1. The van der Waals surface area contributed by atoms with E-state index in [0.717, 1.165) is 63.3 Å². The minimum absolute atomic E-state index is 0.00146. The second-order valence-electron chi connectivity index (χ2n) is 28.1. The molecule has 1 saturated heterocycles. The highest BCUT2D eigenvalue weighted by Crippen LogP contribution is 2.34. The third-order valence-corrected chi connectivity index (χ3v) is 18.4. The number of ether oxygens (including phenoxy) is 14. The number of carboxylic acids is 1. The quantitative estimate of drug-likeness (QED) is 0.0151. The van der Waals surface area contributed by atoms with E-state index in [9.17, 15) is 59.1 Å². The fraction of sp³-hybridized carbons (Fsp3) is 0.613. The number of aromatic nitrogens is 3. The van der Waals surface area contributed by atoms with Gasteiger partial charge in [-0.1, -0.05) is 37.6 Å². The lowest BCUT2D eigenvalue weighted by Gasteiger charge is -2.39. The number of imidazole rings is 1. The molecular weight excluding hydrogens is 1520 g/mol. The molecule has 1 fully saturated rings. The normalized spacial score (nSPS) is 16.6. The number of aliphatic hydroxyl groups is 4. The molecule has 5 aromatic rings. The van der Waals surface area contributed by atoms with E-state index in [1.165, 1.54) is 6.07 Å². The van der Waals surface area contributed by atoms with Crippen molar-refractivity contribution in [3.63, 3.8) is 0 Å². The van der Waals surface area contributed by atoms with E-state index >= 15 is 0 Å². The van der Waals surface area contributed by atoms with Crippen LogP contribution in [-0.4, -0.2) is 327 Å². The number of aromatic carboxylic acids is 1. The van der Waals surface area contributed by atoms with Crippen molar-refractivity contribution in [2.45, 2.75) is 121 Å². The van der Waals surface area contributed by atoms with Crippen LogP contribution in [0.25, 0.3) is 21.9 Å².